The number of fused-ring (bicyclic) bond motifs is 1. The Morgan fingerprint density at radius 1 is 0.968 bits per heavy atom. The molecule has 1 heterocycles. The van der Waals surface area contributed by atoms with Gasteiger partial charge in [0.15, 0.2) is 0 Å². The molecular weight excluding hydrogens is 388 g/mol. The summed E-state index contributed by atoms with van der Waals surface area (Å²) in [5.74, 6) is -0.763. The maximum Gasteiger partial charge on any atom is 0.258 e. The Labute approximate surface area is 181 Å². The van der Waals surface area contributed by atoms with E-state index in [9.17, 15) is 9.59 Å². The van der Waals surface area contributed by atoms with Crippen LogP contribution in [0.3, 0.4) is 0 Å². The molecule has 4 N–H and O–H groups in total. The second-order valence-electron chi connectivity index (χ2n) is 7.76. The lowest BCUT2D eigenvalue weighted by atomic mass is 9.99. The summed E-state index contributed by atoms with van der Waals surface area (Å²) >= 11 is 0. The SMILES string of the molecule is CN(C)Cc1cccc(N/C(=C2/C(=O)Nc3cc(C(N)=O)ccc32)c2ccccc2)c1. The van der Waals surface area contributed by atoms with Crippen LogP contribution in [0.4, 0.5) is 11.4 Å². The molecule has 0 spiro atoms. The van der Waals surface area contributed by atoms with E-state index in [-0.39, 0.29) is 5.91 Å². The highest BCUT2D eigenvalue weighted by Crippen LogP contribution is 2.38. The maximum atomic E-state index is 13.0. The molecule has 3 aromatic rings. The first-order valence-electron chi connectivity index (χ1n) is 9.98. The molecule has 3 aromatic carbocycles. The third kappa shape index (κ3) is 4.34. The largest absolute Gasteiger partial charge is 0.366 e. The van der Waals surface area contributed by atoms with Crippen molar-refractivity contribution in [2.45, 2.75) is 6.54 Å². The summed E-state index contributed by atoms with van der Waals surface area (Å²) in [5.41, 5.74) is 11.2. The molecule has 6 nitrogen and oxygen atoms in total. The van der Waals surface area contributed by atoms with Crippen molar-refractivity contribution in [1.82, 2.24) is 4.90 Å². The first kappa shape index (κ1) is 20.4. The number of nitrogens with two attached hydrogens (primary N) is 1. The van der Waals surface area contributed by atoms with E-state index in [2.05, 4.69) is 27.7 Å². The van der Waals surface area contributed by atoms with Gasteiger partial charge in [-0.25, -0.2) is 0 Å². The fourth-order valence-corrected chi connectivity index (χ4v) is 3.72. The van der Waals surface area contributed by atoms with Crippen LogP contribution in [0.5, 0.6) is 0 Å². The molecule has 31 heavy (non-hydrogen) atoms. The minimum Gasteiger partial charge on any atom is -0.366 e. The van der Waals surface area contributed by atoms with Crippen molar-refractivity contribution in [2.24, 2.45) is 5.73 Å². The fourth-order valence-electron chi connectivity index (χ4n) is 3.72. The molecule has 0 saturated carbocycles. The lowest BCUT2D eigenvalue weighted by molar-refractivity contribution is -0.110. The van der Waals surface area contributed by atoms with E-state index in [0.717, 1.165) is 28.9 Å². The second kappa shape index (κ2) is 8.45. The molecule has 0 fully saturated rings. The molecule has 2 amide bonds. The van der Waals surface area contributed by atoms with E-state index < -0.39 is 5.91 Å². The van der Waals surface area contributed by atoms with E-state index in [0.29, 0.717) is 22.5 Å². The van der Waals surface area contributed by atoms with Crippen molar-refractivity contribution >= 4 is 34.5 Å². The Bertz CT molecular complexity index is 1180. The minimum atomic E-state index is -0.534. The number of hydrogen-bond acceptors (Lipinski definition) is 4. The lowest BCUT2D eigenvalue weighted by Gasteiger charge is -2.16. The molecule has 156 valence electrons. The van der Waals surface area contributed by atoms with Gasteiger partial charge in [-0.05, 0) is 49.5 Å². The van der Waals surface area contributed by atoms with Crippen LogP contribution in [-0.2, 0) is 11.3 Å². The zero-order chi connectivity index (χ0) is 22.0. The molecular formula is C25H24N4O2. The van der Waals surface area contributed by atoms with Crippen molar-refractivity contribution in [1.29, 1.82) is 0 Å². The fraction of sp³-hybridized carbons (Fsp3) is 0.120. The smallest absolute Gasteiger partial charge is 0.258 e. The van der Waals surface area contributed by atoms with Crippen LogP contribution in [0.1, 0.15) is 27.0 Å². The molecule has 0 radical (unpaired) electrons. The van der Waals surface area contributed by atoms with E-state index >= 15 is 0 Å². The molecule has 0 unspecified atom stereocenters. The van der Waals surface area contributed by atoms with Crippen LogP contribution >= 0.6 is 0 Å². The molecule has 0 atom stereocenters. The van der Waals surface area contributed by atoms with Gasteiger partial charge in [-0.15, -0.1) is 0 Å². The molecule has 1 aliphatic heterocycles. The predicted molar refractivity (Wildman–Crippen MR) is 124 cm³/mol. The van der Waals surface area contributed by atoms with Gasteiger partial charge in [-0.3, -0.25) is 9.59 Å². The topological polar surface area (TPSA) is 87.5 Å². The van der Waals surface area contributed by atoms with Gasteiger partial charge in [0.05, 0.1) is 11.3 Å². The molecule has 0 saturated heterocycles. The molecule has 0 aliphatic carbocycles. The summed E-state index contributed by atoms with van der Waals surface area (Å²) < 4.78 is 0. The number of benzene rings is 3. The second-order valence-corrected chi connectivity index (χ2v) is 7.76. The van der Waals surface area contributed by atoms with Gasteiger partial charge in [-0.2, -0.15) is 0 Å². The Morgan fingerprint density at radius 2 is 1.74 bits per heavy atom. The van der Waals surface area contributed by atoms with Crippen molar-refractivity contribution in [3.05, 3.63) is 95.1 Å². The number of rotatable bonds is 6. The highest BCUT2D eigenvalue weighted by atomic mass is 16.2. The van der Waals surface area contributed by atoms with Crippen molar-refractivity contribution < 1.29 is 9.59 Å². The van der Waals surface area contributed by atoms with Crippen molar-refractivity contribution in [2.75, 3.05) is 24.7 Å². The van der Waals surface area contributed by atoms with Crippen molar-refractivity contribution in [3.8, 4) is 0 Å². The van der Waals surface area contributed by atoms with Crippen LogP contribution in [0.2, 0.25) is 0 Å². The van der Waals surface area contributed by atoms with E-state index in [4.69, 9.17) is 5.73 Å². The molecule has 0 bridgehead atoms. The number of anilines is 2. The number of nitrogens with one attached hydrogen (secondary N) is 2. The molecule has 0 aromatic heterocycles. The number of hydrogen-bond donors (Lipinski definition) is 3. The van der Waals surface area contributed by atoms with Gasteiger partial charge < -0.3 is 21.3 Å². The van der Waals surface area contributed by atoms with Gasteiger partial charge in [0.1, 0.15) is 0 Å². The third-order valence-electron chi connectivity index (χ3n) is 5.06. The highest BCUT2D eigenvalue weighted by Gasteiger charge is 2.29. The monoisotopic (exact) mass is 412 g/mol. The molecule has 6 heteroatoms. The third-order valence-corrected chi connectivity index (χ3v) is 5.06. The molecule has 1 aliphatic rings. The molecule has 4 rings (SSSR count). The van der Waals surface area contributed by atoms with Gasteiger partial charge in [0.25, 0.3) is 5.91 Å². The summed E-state index contributed by atoms with van der Waals surface area (Å²) in [6.07, 6.45) is 0. The quantitative estimate of drug-likeness (QED) is 0.538. The summed E-state index contributed by atoms with van der Waals surface area (Å²) in [6.45, 7) is 0.811. The normalized spacial score (nSPS) is 14.2. The first-order chi connectivity index (χ1) is 14.9. The van der Waals surface area contributed by atoms with Crippen LogP contribution < -0.4 is 16.4 Å². The zero-order valence-corrected chi connectivity index (χ0v) is 17.5. The van der Waals surface area contributed by atoms with Crippen LogP contribution in [0, 0.1) is 0 Å². The van der Waals surface area contributed by atoms with E-state index in [1.807, 2.05) is 56.6 Å². The maximum absolute atomic E-state index is 13.0. The van der Waals surface area contributed by atoms with Gasteiger partial charge in [0.2, 0.25) is 5.91 Å². The average Bonchev–Trinajstić information content (AvgIpc) is 3.07. The Kier molecular flexibility index (Phi) is 5.56. The van der Waals surface area contributed by atoms with Gasteiger partial charge >= 0.3 is 0 Å². The Hall–Kier alpha value is -3.90. The van der Waals surface area contributed by atoms with Gasteiger partial charge in [-0.1, -0.05) is 48.5 Å². The number of nitrogens with zero attached hydrogens (tertiary/aromatic N) is 1. The number of carbonyl (C=O) groups excluding carboxylic acids is 2. The lowest BCUT2D eigenvalue weighted by Crippen LogP contribution is -2.12. The predicted octanol–water partition coefficient (Wildman–Crippen LogP) is 3.78. The Morgan fingerprint density at radius 3 is 2.45 bits per heavy atom. The van der Waals surface area contributed by atoms with Gasteiger partial charge in [0, 0.05) is 29.0 Å². The first-order valence-corrected chi connectivity index (χ1v) is 9.98. The van der Waals surface area contributed by atoms with E-state index in [1.165, 1.54) is 0 Å². The minimum absolute atomic E-state index is 0.229. The number of carbonyl (C=O) groups is 2. The average molecular weight is 412 g/mol. The van der Waals surface area contributed by atoms with Crippen LogP contribution in [-0.4, -0.2) is 30.8 Å². The van der Waals surface area contributed by atoms with E-state index in [1.54, 1.807) is 18.2 Å². The zero-order valence-electron chi connectivity index (χ0n) is 17.5. The van der Waals surface area contributed by atoms with Crippen LogP contribution in [0.15, 0.2) is 72.8 Å². The summed E-state index contributed by atoms with van der Waals surface area (Å²) in [4.78, 5) is 26.7. The van der Waals surface area contributed by atoms with Crippen LogP contribution in [0.25, 0.3) is 11.3 Å². The summed E-state index contributed by atoms with van der Waals surface area (Å²) in [6, 6.07) is 22.9. The van der Waals surface area contributed by atoms with Crippen molar-refractivity contribution in [3.63, 3.8) is 0 Å². The summed E-state index contributed by atoms with van der Waals surface area (Å²) in [7, 11) is 4.05. The highest BCUT2D eigenvalue weighted by molar-refractivity contribution is 6.37. The number of primary amides is 1. The summed E-state index contributed by atoms with van der Waals surface area (Å²) in [5, 5.41) is 6.33. The standard InChI is InChI=1S/C25H24N4O2/c1-29(2)15-16-7-6-10-19(13-16)27-23(17-8-4-3-5-9-17)22-20-12-11-18(24(26)30)14-21(20)28-25(22)31/h3-14,27H,15H2,1-2H3,(H2,26,30)(H,28,31)/b23-22+. The number of amides is 2. The Balaban J connectivity index is 1.83.